The van der Waals surface area contributed by atoms with Crippen LogP contribution in [-0.2, 0) is 4.79 Å². The summed E-state index contributed by atoms with van der Waals surface area (Å²) in [5.74, 6) is 0.431. The molecule has 4 heterocycles. The van der Waals surface area contributed by atoms with Gasteiger partial charge in [0.2, 0.25) is 0 Å². The van der Waals surface area contributed by atoms with Crippen LogP contribution in [0.25, 0.3) is 10.9 Å². The SMILES string of the molecule is C=C[C@H]1CN2CC[C@H]1C[C@@H]2[C@@H](O)c1ccnc2ccc(OC)cc12.CC(=O)Oc1ccccc1C(=O)O. The van der Waals surface area contributed by atoms with Crippen molar-refractivity contribution in [3.63, 3.8) is 0 Å². The molecule has 37 heavy (non-hydrogen) atoms. The fourth-order valence-corrected chi connectivity index (χ4v) is 5.33. The number of pyridine rings is 1. The van der Waals surface area contributed by atoms with E-state index in [2.05, 4.69) is 27.3 Å². The molecule has 3 saturated heterocycles. The molecular weight excluding hydrogens is 472 g/mol. The fourth-order valence-electron chi connectivity index (χ4n) is 5.33. The predicted octanol–water partition coefficient (Wildman–Crippen LogP) is 4.48. The van der Waals surface area contributed by atoms with Gasteiger partial charge in [0.25, 0.3) is 0 Å². The summed E-state index contributed by atoms with van der Waals surface area (Å²) in [5, 5.41) is 20.8. The van der Waals surface area contributed by atoms with Gasteiger partial charge in [0.1, 0.15) is 17.1 Å². The lowest BCUT2D eigenvalue weighted by atomic mass is 9.73. The van der Waals surface area contributed by atoms with Gasteiger partial charge in [-0.15, -0.1) is 6.58 Å². The van der Waals surface area contributed by atoms with Crippen molar-refractivity contribution in [3.8, 4) is 11.5 Å². The number of carbonyl (C=O) groups excluding carboxylic acids is 1. The minimum Gasteiger partial charge on any atom is -0.497 e. The number of para-hydroxylation sites is 1. The molecule has 194 valence electrons. The Kier molecular flexibility index (Phi) is 8.21. The van der Waals surface area contributed by atoms with E-state index in [1.807, 2.05) is 24.3 Å². The molecule has 1 unspecified atom stereocenters. The molecule has 3 fully saturated rings. The molecule has 0 aliphatic carbocycles. The van der Waals surface area contributed by atoms with Crippen molar-refractivity contribution in [3.05, 3.63) is 78.5 Å². The van der Waals surface area contributed by atoms with E-state index in [1.54, 1.807) is 25.4 Å². The van der Waals surface area contributed by atoms with E-state index < -0.39 is 18.0 Å². The third-order valence-corrected chi connectivity index (χ3v) is 7.19. The van der Waals surface area contributed by atoms with Crippen LogP contribution in [0.5, 0.6) is 11.5 Å². The number of esters is 1. The number of methoxy groups -OCH3 is 1. The Bertz CT molecular complexity index is 1290. The first-order chi connectivity index (χ1) is 17.8. The number of ether oxygens (including phenoxy) is 2. The first kappa shape index (κ1) is 26.3. The summed E-state index contributed by atoms with van der Waals surface area (Å²) < 4.78 is 10.0. The quantitative estimate of drug-likeness (QED) is 0.287. The van der Waals surface area contributed by atoms with E-state index >= 15 is 0 Å². The highest BCUT2D eigenvalue weighted by molar-refractivity contribution is 5.91. The summed E-state index contributed by atoms with van der Waals surface area (Å²) in [6.07, 6.45) is 5.62. The smallest absolute Gasteiger partial charge is 0.339 e. The van der Waals surface area contributed by atoms with Crippen molar-refractivity contribution in [2.75, 3.05) is 20.2 Å². The lowest BCUT2D eigenvalue weighted by molar-refractivity contribution is -0.131. The Morgan fingerprint density at radius 1 is 1.22 bits per heavy atom. The average molecular weight is 505 g/mol. The highest BCUT2D eigenvalue weighted by Gasteiger charge is 2.42. The van der Waals surface area contributed by atoms with E-state index in [-0.39, 0.29) is 17.4 Å². The van der Waals surface area contributed by atoms with Gasteiger partial charge in [-0.05, 0) is 73.2 Å². The minimum atomic E-state index is -1.11. The largest absolute Gasteiger partial charge is 0.497 e. The van der Waals surface area contributed by atoms with Crippen LogP contribution in [0.1, 0.15) is 41.8 Å². The number of fused-ring (bicyclic) bond motifs is 4. The van der Waals surface area contributed by atoms with Crippen LogP contribution in [0.4, 0.5) is 0 Å². The number of aliphatic hydroxyl groups excluding tert-OH is 1. The fraction of sp³-hybridized carbons (Fsp3) is 0.345. The van der Waals surface area contributed by atoms with Crippen molar-refractivity contribution in [2.24, 2.45) is 11.8 Å². The molecule has 1 aromatic heterocycles. The van der Waals surface area contributed by atoms with Gasteiger partial charge in [-0.1, -0.05) is 18.2 Å². The summed E-state index contributed by atoms with van der Waals surface area (Å²) in [6.45, 7) is 7.29. The first-order valence-electron chi connectivity index (χ1n) is 12.3. The number of piperidine rings is 3. The number of rotatable bonds is 6. The van der Waals surface area contributed by atoms with Crippen LogP contribution < -0.4 is 9.47 Å². The molecule has 8 nitrogen and oxygen atoms in total. The number of hydrogen-bond donors (Lipinski definition) is 2. The molecule has 8 heteroatoms. The molecule has 0 amide bonds. The Morgan fingerprint density at radius 2 is 2.00 bits per heavy atom. The summed E-state index contributed by atoms with van der Waals surface area (Å²) in [7, 11) is 1.66. The number of carboxylic acid groups (broad SMARTS) is 1. The molecule has 2 aromatic carbocycles. The summed E-state index contributed by atoms with van der Waals surface area (Å²) >= 11 is 0. The van der Waals surface area contributed by atoms with Gasteiger partial charge in [-0.25, -0.2) is 4.79 Å². The Labute approximate surface area is 216 Å². The van der Waals surface area contributed by atoms with Crippen LogP contribution in [0.2, 0.25) is 0 Å². The number of carboxylic acids is 1. The second kappa shape index (κ2) is 11.5. The molecule has 2 bridgehead atoms. The topological polar surface area (TPSA) is 109 Å². The molecule has 5 atom stereocenters. The van der Waals surface area contributed by atoms with Crippen LogP contribution in [0, 0.1) is 11.8 Å². The lowest BCUT2D eigenvalue weighted by Crippen LogP contribution is -2.54. The van der Waals surface area contributed by atoms with Crippen molar-refractivity contribution in [1.29, 1.82) is 0 Å². The van der Waals surface area contributed by atoms with Crippen molar-refractivity contribution < 1.29 is 29.3 Å². The van der Waals surface area contributed by atoms with E-state index in [4.69, 9.17) is 9.84 Å². The monoisotopic (exact) mass is 504 g/mol. The standard InChI is InChI=1S/C20H24N2O2.C9H8O4/c1-3-13-12-22-9-7-14(13)10-19(22)20(23)16-6-8-21-18-5-4-15(24-2)11-17(16)18;1-6(10)13-8-5-3-2-4-7(8)9(11)12/h3-6,8,11,13-14,19-20,23H,1,7,9-10,12H2,2H3;2-5H,1H3,(H,11,12)/t13-,14-,19+,20-;/m0./s1. The van der Waals surface area contributed by atoms with Crippen LogP contribution in [0.15, 0.2) is 67.4 Å². The Hall–Kier alpha value is -3.75. The van der Waals surface area contributed by atoms with Gasteiger partial charge in [-0.3, -0.25) is 14.7 Å². The van der Waals surface area contributed by atoms with Crippen molar-refractivity contribution in [2.45, 2.75) is 31.9 Å². The van der Waals surface area contributed by atoms with Crippen LogP contribution >= 0.6 is 0 Å². The zero-order valence-corrected chi connectivity index (χ0v) is 21.0. The third-order valence-electron chi connectivity index (χ3n) is 7.19. The number of nitrogens with zero attached hydrogens (tertiary/aromatic N) is 2. The predicted molar refractivity (Wildman–Crippen MR) is 140 cm³/mol. The molecule has 0 spiro atoms. The summed E-state index contributed by atoms with van der Waals surface area (Å²) in [4.78, 5) is 28.0. The molecule has 6 rings (SSSR count). The zero-order valence-electron chi connectivity index (χ0n) is 21.0. The molecule has 0 radical (unpaired) electrons. The lowest BCUT2D eigenvalue weighted by Gasteiger charge is -2.50. The molecule has 3 aromatic rings. The second-order valence-corrected chi connectivity index (χ2v) is 9.37. The maximum absolute atomic E-state index is 11.2. The average Bonchev–Trinajstić information content (AvgIpc) is 2.92. The zero-order chi connectivity index (χ0) is 26.5. The summed E-state index contributed by atoms with van der Waals surface area (Å²) in [5.41, 5.74) is 1.83. The number of aromatic carboxylic acids is 1. The van der Waals surface area contributed by atoms with Crippen molar-refractivity contribution in [1.82, 2.24) is 9.88 Å². The van der Waals surface area contributed by atoms with E-state index in [0.29, 0.717) is 11.8 Å². The van der Waals surface area contributed by atoms with Crippen LogP contribution in [-0.4, -0.2) is 58.3 Å². The molecule has 3 aliphatic heterocycles. The highest BCUT2D eigenvalue weighted by atomic mass is 16.5. The maximum Gasteiger partial charge on any atom is 0.339 e. The van der Waals surface area contributed by atoms with Gasteiger partial charge >= 0.3 is 11.9 Å². The summed E-state index contributed by atoms with van der Waals surface area (Å²) in [6, 6.07) is 13.9. The molecule has 0 saturated carbocycles. The maximum atomic E-state index is 11.2. The van der Waals surface area contributed by atoms with E-state index in [0.717, 1.165) is 41.7 Å². The molecular formula is C29H32N2O6. The number of hydrogen-bond acceptors (Lipinski definition) is 7. The minimum absolute atomic E-state index is 0.0160. The van der Waals surface area contributed by atoms with Crippen molar-refractivity contribution >= 4 is 22.8 Å². The van der Waals surface area contributed by atoms with Gasteiger partial charge in [0.05, 0.1) is 18.7 Å². The Balaban J connectivity index is 0.000000209. The highest BCUT2D eigenvalue weighted by Crippen LogP contribution is 2.42. The van der Waals surface area contributed by atoms with E-state index in [9.17, 15) is 14.7 Å². The normalized spacial score (nSPS) is 22.9. The number of aromatic nitrogens is 1. The third kappa shape index (κ3) is 5.81. The number of carbonyl (C=O) groups is 2. The number of benzene rings is 2. The Morgan fingerprint density at radius 3 is 2.65 bits per heavy atom. The van der Waals surface area contributed by atoms with Crippen LogP contribution in [0.3, 0.4) is 0 Å². The molecule has 3 aliphatic rings. The number of aliphatic hydroxyl groups is 1. The first-order valence-corrected chi connectivity index (χ1v) is 12.3. The van der Waals surface area contributed by atoms with Gasteiger partial charge < -0.3 is 19.7 Å². The van der Waals surface area contributed by atoms with E-state index in [1.165, 1.54) is 25.5 Å². The molecule has 2 N–H and O–H groups in total. The van der Waals surface area contributed by atoms with Gasteiger partial charge in [0.15, 0.2) is 0 Å². The van der Waals surface area contributed by atoms with Gasteiger partial charge in [0, 0.05) is 31.1 Å². The second-order valence-electron chi connectivity index (χ2n) is 9.37. The van der Waals surface area contributed by atoms with Gasteiger partial charge in [-0.2, -0.15) is 0 Å².